The summed E-state index contributed by atoms with van der Waals surface area (Å²) in [6.45, 7) is 3.10. The molecule has 1 amide bonds. The second-order valence-corrected chi connectivity index (χ2v) is 3.29. The van der Waals surface area contributed by atoms with Crippen LogP contribution in [0, 0.1) is 0 Å². The Labute approximate surface area is 95.2 Å². The molecule has 0 fully saturated rings. The molecule has 1 rings (SSSR count). The molecular formula is C12H17NO3. The van der Waals surface area contributed by atoms with Crippen LogP contribution in [-0.4, -0.2) is 30.8 Å². The predicted octanol–water partition coefficient (Wildman–Crippen LogP) is 1.20. The van der Waals surface area contributed by atoms with Crippen molar-refractivity contribution in [3.63, 3.8) is 0 Å². The average molecular weight is 223 g/mol. The van der Waals surface area contributed by atoms with Gasteiger partial charge in [-0.25, -0.2) is 0 Å². The first-order chi connectivity index (χ1) is 7.77. The van der Waals surface area contributed by atoms with Crippen LogP contribution in [0.1, 0.15) is 23.7 Å². The Morgan fingerprint density at radius 3 is 2.62 bits per heavy atom. The number of aliphatic hydroxyl groups is 1. The normalized spacial score (nSPS) is 9.88. The third-order valence-corrected chi connectivity index (χ3v) is 2.05. The van der Waals surface area contributed by atoms with Crippen LogP contribution in [0.5, 0.6) is 5.75 Å². The molecular weight excluding hydrogens is 206 g/mol. The van der Waals surface area contributed by atoms with E-state index in [1.165, 1.54) is 0 Å². The van der Waals surface area contributed by atoms with Crippen LogP contribution in [0.15, 0.2) is 24.3 Å². The van der Waals surface area contributed by atoms with E-state index in [1.807, 2.05) is 6.92 Å². The van der Waals surface area contributed by atoms with Crippen LogP contribution >= 0.6 is 0 Å². The van der Waals surface area contributed by atoms with Gasteiger partial charge in [0.2, 0.25) is 0 Å². The van der Waals surface area contributed by atoms with Gasteiger partial charge in [-0.2, -0.15) is 0 Å². The van der Waals surface area contributed by atoms with Crippen LogP contribution in [0.25, 0.3) is 0 Å². The van der Waals surface area contributed by atoms with E-state index in [4.69, 9.17) is 9.84 Å². The van der Waals surface area contributed by atoms with Gasteiger partial charge in [0.25, 0.3) is 5.91 Å². The highest BCUT2D eigenvalue weighted by atomic mass is 16.5. The zero-order valence-electron chi connectivity index (χ0n) is 9.40. The van der Waals surface area contributed by atoms with Gasteiger partial charge in [0.15, 0.2) is 0 Å². The van der Waals surface area contributed by atoms with Crippen LogP contribution in [0.3, 0.4) is 0 Å². The predicted molar refractivity (Wildman–Crippen MR) is 61.6 cm³/mol. The van der Waals surface area contributed by atoms with Gasteiger partial charge in [0.1, 0.15) is 5.75 Å². The third-order valence-electron chi connectivity index (χ3n) is 2.05. The van der Waals surface area contributed by atoms with Crippen molar-refractivity contribution in [2.45, 2.75) is 13.3 Å². The summed E-state index contributed by atoms with van der Waals surface area (Å²) in [5.41, 5.74) is 0.599. The van der Waals surface area contributed by atoms with Crippen molar-refractivity contribution in [3.05, 3.63) is 29.8 Å². The molecule has 0 saturated heterocycles. The van der Waals surface area contributed by atoms with Crippen molar-refractivity contribution < 1.29 is 14.6 Å². The Morgan fingerprint density at radius 1 is 1.38 bits per heavy atom. The Balaban J connectivity index is 2.49. The summed E-state index contributed by atoms with van der Waals surface area (Å²) < 4.78 is 5.27. The molecule has 0 unspecified atom stereocenters. The highest BCUT2D eigenvalue weighted by molar-refractivity contribution is 5.94. The minimum Gasteiger partial charge on any atom is -0.494 e. The zero-order chi connectivity index (χ0) is 11.8. The van der Waals surface area contributed by atoms with E-state index in [9.17, 15) is 4.79 Å². The van der Waals surface area contributed by atoms with Crippen molar-refractivity contribution in [2.75, 3.05) is 19.8 Å². The quantitative estimate of drug-likeness (QED) is 0.712. The van der Waals surface area contributed by atoms with Gasteiger partial charge >= 0.3 is 0 Å². The third kappa shape index (κ3) is 3.90. The van der Waals surface area contributed by atoms with Gasteiger partial charge in [-0.1, -0.05) is 0 Å². The lowest BCUT2D eigenvalue weighted by molar-refractivity contribution is 0.0951. The molecule has 0 aliphatic carbocycles. The fraction of sp³-hybridized carbons (Fsp3) is 0.417. The maximum atomic E-state index is 11.6. The van der Waals surface area contributed by atoms with Crippen molar-refractivity contribution in [1.82, 2.24) is 5.32 Å². The number of amides is 1. The van der Waals surface area contributed by atoms with Crippen molar-refractivity contribution in [3.8, 4) is 5.75 Å². The minimum absolute atomic E-state index is 0.0869. The van der Waals surface area contributed by atoms with Crippen LogP contribution < -0.4 is 10.1 Å². The van der Waals surface area contributed by atoms with E-state index >= 15 is 0 Å². The lowest BCUT2D eigenvalue weighted by atomic mass is 10.2. The Bertz CT molecular complexity index is 322. The SMILES string of the molecule is CCOc1ccc(C(=O)NCCCO)cc1. The van der Waals surface area contributed by atoms with Crippen LogP contribution in [-0.2, 0) is 0 Å². The Kier molecular flexibility index (Phi) is 5.36. The number of nitrogens with one attached hydrogen (secondary N) is 1. The van der Waals surface area contributed by atoms with E-state index < -0.39 is 0 Å². The fourth-order valence-corrected chi connectivity index (χ4v) is 1.25. The van der Waals surface area contributed by atoms with E-state index in [1.54, 1.807) is 24.3 Å². The zero-order valence-corrected chi connectivity index (χ0v) is 9.40. The summed E-state index contributed by atoms with van der Waals surface area (Å²) in [6.07, 6.45) is 0.572. The summed E-state index contributed by atoms with van der Waals surface area (Å²) in [7, 11) is 0. The molecule has 0 aliphatic rings. The number of hydrogen-bond acceptors (Lipinski definition) is 3. The molecule has 0 radical (unpaired) electrons. The smallest absolute Gasteiger partial charge is 0.251 e. The van der Waals surface area contributed by atoms with Gasteiger partial charge in [-0.3, -0.25) is 4.79 Å². The summed E-state index contributed by atoms with van der Waals surface area (Å²) in [4.78, 5) is 11.6. The molecule has 2 N–H and O–H groups in total. The molecule has 0 aliphatic heterocycles. The standard InChI is InChI=1S/C12H17NO3/c1-2-16-11-6-4-10(5-7-11)12(15)13-8-3-9-14/h4-7,14H,2-3,8-9H2,1H3,(H,13,15). The lowest BCUT2D eigenvalue weighted by Gasteiger charge is -2.05. The molecule has 0 aromatic heterocycles. The molecule has 0 bridgehead atoms. The fourth-order valence-electron chi connectivity index (χ4n) is 1.25. The average Bonchev–Trinajstić information content (AvgIpc) is 2.30. The van der Waals surface area contributed by atoms with Crippen LogP contribution in [0.2, 0.25) is 0 Å². The first kappa shape index (κ1) is 12.5. The van der Waals surface area contributed by atoms with Gasteiger partial charge < -0.3 is 15.2 Å². The number of rotatable bonds is 6. The Hall–Kier alpha value is -1.55. The topological polar surface area (TPSA) is 58.6 Å². The maximum absolute atomic E-state index is 11.6. The first-order valence-corrected chi connectivity index (χ1v) is 5.40. The van der Waals surface area contributed by atoms with Crippen molar-refractivity contribution in [1.29, 1.82) is 0 Å². The molecule has 0 heterocycles. The van der Waals surface area contributed by atoms with Gasteiger partial charge in [-0.05, 0) is 37.6 Å². The van der Waals surface area contributed by atoms with E-state index in [0.717, 1.165) is 5.75 Å². The largest absolute Gasteiger partial charge is 0.494 e. The summed E-state index contributed by atoms with van der Waals surface area (Å²) in [5, 5.41) is 11.3. The summed E-state index contributed by atoms with van der Waals surface area (Å²) in [5.74, 6) is 0.630. The highest BCUT2D eigenvalue weighted by Crippen LogP contribution is 2.11. The molecule has 16 heavy (non-hydrogen) atoms. The number of ether oxygens (including phenoxy) is 1. The van der Waals surface area contributed by atoms with Crippen molar-refractivity contribution >= 4 is 5.91 Å². The maximum Gasteiger partial charge on any atom is 0.251 e. The number of aliphatic hydroxyl groups excluding tert-OH is 1. The first-order valence-electron chi connectivity index (χ1n) is 5.40. The van der Waals surface area contributed by atoms with E-state index in [0.29, 0.717) is 25.1 Å². The molecule has 1 aromatic carbocycles. The number of hydrogen-bond donors (Lipinski definition) is 2. The summed E-state index contributed by atoms with van der Waals surface area (Å²) >= 11 is 0. The molecule has 0 saturated carbocycles. The number of carbonyl (C=O) groups is 1. The second kappa shape index (κ2) is 6.85. The monoisotopic (exact) mass is 223 g/mol. The second-order valence-electron chi connectivity index (χ2n) is 3.29. The van der Waals surface area contributed by atoms with E-state index in [2.05, 4.69) is 5.32 Å². The molecule has 4 heteroatoms. The van der Waals surface area contributed by atoms with E-state index in [-0.39, 0.29) is 12.5 Å². The van der Waals surface area contributed by atoms with Gasteiger partial charge in [-0.15, -0.1) is 0 Å². The lowest BCUT2D eigenvalue weighted by Crippen LogP contribution is -2.24. The Morgan fingerprint density at radius 2 is 2.06 bits per heavy atom. The number of carbonyl (C=O) groups excluding carboxylic acids is 1. The van der Waals surface area contributed by atoms with Crippen LogP contribution in [0.4, 0.5) is 0 Å². The minimum atomic E-state index is -0.128. The molecule has 0 atom stereocenters. The molecule has 0 spiro atoms. The van der Waals surface area contributed by atoms with Crippen molar-refractivity contribution in [2.24, 2.45) is 0 Å². The molecule has 4 nitrogen and oxygen atoms in total. The highest BCUT2D eigenvalue weighted by Gasteiger charge is 2.04. The van der Waals surface area contributed by atoms with Gasteiger partial charge in [0, 0.05) is 18.7 Å². The summed E-state index contributed by atoms with van der Waals surface area (Å²) in [6, 6.07) is 6.98. The molecule has 88 valence electrons. The van der Waals surface area contributed by atoms with Gasteiger partial charge in [0.05, 0.1) is 6.61 Å². The molecule has 1 aromatic rings. The number of benzene rings is 1.